The number of fused-ring (bicyclic) bond motifs is 2. The van der Waals surface area contributed by atoms with Crippen LogP contribution in [0, 0.1) is 0 Å². The van der Waals surface area contributed by atoms with Crippen molar-refractivity contribution in [2.45, 2.75) is 20.2 Å². The molecule has 0 saturated heterocycles. The van der Waals surface area contributed by atoms with E-state index in [1.807, 2.05) is 0 Å². The molecule has 0 amide bonds. The average molecular weight is 392 g/mol. The van der Waals surface area contributed by atoms with Gasteiger partial charge in [-0.05, 0) is 34.5 Å². The summed E-state index contributed by atoms with van der Waals surface area (Å²) in [5.74, 6) is 0. The van der Waals surface area contributed by atoms with Crippen molar-refractivity contribution >= 4 is 30.4 Å². The van der Waals surface area contributed by atoms with Crippen LogP contribution in [0.1, 0.15) is 11.7 Å². The minimum Gasteiger partial charge on any atom is -0.383 e. The average Bonchev–Trinajstić information content (AvgIpc) is 2.77. The van der Waals surface area contributed by atoms with Crippen LogP contribution in [-0.4, -0.2) is 26.3 Å². The molecule has 26 heavy (non-hydrogen) atoms. The molecule has 4 rings (SSSR count). The summed E-state index contributed by atoms with van der Waals surface area (Å²) in [7, 11) is -9.92. The smallest absolute Gasteiger partial charge is 0.346 e. The quantitative estimate of drug-likeness (QED) is 0.724. The molecule has 134 valence electrons. The first-order chi connectivity index (χ1) is 12.2. The molecule has 3 aromatic carbocycles. The molecule has 0 saturated carbocycles. The zero-order valence-corrected chi connectivity index (χ0v) is 14.8. The van der Waals surface area contributed by atoms with E-state index in [2.05, 4.69) is 0 Å². The molecule has 1 aliphatic rings. The molecular weight excluding hydrogens is 379 g/mol. The molecule has 3 aromatic rings. The van der Waals surface area contributed by atoms with Gasteiger partial charge in [0.15, 0.2) is 0 Å². The van der Waals surface area contributed by atoms with Gasteiger partial charge in [0.05, 0.1) is 9.79 Å². The number of sulfone groups is 2. The predicted molar refractivity (Wildman–Crippen MR) is 93.6 cm³/mol. The lowest BCUT2D eigenvalue weighted by Crippen LogP contribution is -2.42. The SMILES string of the molecule is O=S1(=O)c2ccccc2S(=O)(=O)C1(F)C(O)c1ccc2ccccc2c1. The second-order valence-corrected chi connectivity index (χ2v) is 10.4. The van der Waals surface area contributed by atoms with Gasteiger partial charge in [-0.15, -0.1) is 0 Å². The summed E-state index contributed by atoms with van der Waals surface area (Å²) < 4.78 is 62.6. The summed E-state index contributed by atoms with van der Waals surface area (Å²) in [6.07, 6.45) is -2.39. The zero-order chi connectivity index (χ0) is 18.7. The molecule has 0 fully saturated rings. The van der Waals surface area contributed by atoms with Crippen LogP contribution in [0.25, 0.3) is 10.8 Å². The lowest BCUT2D eigenvalue weighted by molar-refractivity contribution is 0.0959. The standard InChI is InChI=1S/C18H13FO5S2/c19-18(17(20)14-10-9-12-5-1-2-6-13(12)11-14)25(21,22)15-7-3-4-8-16(15)26(18,23)24/h1-11,17,20H. The highest BCUT2D eigenvalue weighted by Crippen LogP contribution is 2.52. The Bertz CT molecular complexity index is 1200. The van der Waals surface area contributed by atoms with Crippen molar-refractivity contribution in [3.8, 4) is 0 Å². The van der Waals surface area contributed by atoms with Crippen molar-refractivity contribution in [2.24, 2.45) is 0 Å². The molecule has 0 radical (unpaired) electrons. The Morgan fingerprint density at radius 3 is 1.85 bits per heavy atom. The molecule has 1 aliphatic heterocycles. The minimum atomic E-state index is -4.96. The van der Waals surface area contributed by atoms with Crippen LogP contribution < -0.4 is 0 Å². The topological polar surface area (TPSA) is 88.5 Å². The van der Waals surface area contributed by atoms with Crippen LogP contribution in [0.5, 0.6) is 0 Å². The second-order valence-electron chi connectivity index (χ2n) is 6.05. The Morgan fingerprint density at radius 2 is 1.27 bits per heavy atom. The predicted octanol–water partition coefficient (Wildman–Crippen LogP) is 2.76. The summed E-state index contributed by atoms with van der Waals surface area (Å²) in [5.41, 5.74) is -0.133. The number of rotatable bonds is 2. The van der Waals surface area contributed by atoms with Crippen molar-refractivity contribution in [1.29, 1.82) is 0 Å². The van der Waals surface area contributed by atoms with E-state index in [4.69, 9.17) is 0 Å². The molecule has 1 atom stereocenters. The fraction of sp³-hybridized carbons (Fsp3) is 0.111. The third-order valence-electron chi connectivity index (χ3n) is 4.58. The number of hydrogen-bond acceptors (Lipinski definition) is 5. The normalized spacial score (nSPS) is 20.5. The first kappa shape index (κ1) is 17.1. The van der Waals surface area contributed by atoms with Crippen LogP contribution in [0.2, 0.25) is 0 Å². The molecule has 1 unspecified atom stereocenters. The molecule has 5 nitrogen and oxygen atoms in total. The first-order valence-electron chi connectivity index (χ1n) is 7.65. The molecule has 0 aliphatic carbocycles. The molecular formula is C18H13FO5S2. The maximum atomic E-state index is 15.7. The lowest BCUT2D eigenvalue weighted by Gasteiger charge is -2.24. The summed E-state index contributed by atoms with van der Waals surface area (Å²) >= 11 is 0. The third-order valence-corrected chi connectivity index (χ3v) is 9.80. The Kier molecular flexibility index (Phi) is 3.53. The van der Waals surface area contributed by atoms with Crippen LogP contribution in [0.4, 0.5) is 4.39 Å². The number of aliphatic hydroxyl groups excluding tert-OH is 1. The van der Waals surface area contributed by atoms with Crippen molar-refractivity contribution < 1.29 is 26.3 Å². The fourth-order valence-corrected chi connectivity index (χ4v) is 8.20. The minimum absolute atomic E-state index is 0.133. The highest BCUT2D eigenvalue weighted by Gasteiger charge is 2.68. The zero-order valence-electron chi connectivity index (χ0n) is 13.2. The van der Waals surface area contributed by atoms with Gasteiger partial charge in [-0.2, -0.15) is 0 Å². The van der Waals surface area contributed by atoms with Crippen molar-refractivity contribution in [3.05, 3.63) is 72.3 Å². The second kappa shape index (κ2) is 5.35. The summed E-state index contributed by atoms with van der Waals surface area (Å²) in [5, 5.41) is 12.0. The number of aliphatic hydroxyl groups is 1. The van der Waals surface area contributed by atoms with E-state index in [-0.39, 0.29) is 5.56 Å². The van der Waals surface area contributed by atoms with E-state index in [1.54, 1.807) is 30.3 Å². The number of alkyl halides is 1. The molecule has 8 heteroatoms. The van der Waals surface area contributed by atoms with Gasteiger partial charge in [0.25, 0.3) is 0 Å². The van der Waals surface area contributed by atoms with E-state index < -0.39 is 39.9 Å². The van der Waals surface area contributed by atoms with Gasteiger partial charge in [0, 0.05) is 0 Å². The Hall–Kier alpha value is -2.29. The van der Waals surface area contributed by atoms with Crippen LogP contribution in [0.15, 0.2) is 76.5 Å². The van der Waals surface area contributed by atoms with Crippen molar-refractivity contribution in [1.82, 2.24) is 0 Å². The van der Waals surface area contributed by atoms with Gasteiger partial charge in [0.2, 0.25) is 19.7 Å². The Labute approximate surface area is 149 Å². The molecule has 1 N–H and O–H groups in total. The molecule has 1 heterocycles. The highest BCUT2D eigenvalue weighted by molar-refractivity contribution is 8.12. The van der Waals surface area contributed by atoms with E-state index in [0.717, 1.165) is 17.5 Å². The number of benzene rings is 3. The monoisotopic (exact) mass is 392 g/mol. The van der Waals surface area contributed by atoms with E-state index >= 15 is 4.39 Å². The van der Waals surface area contributed by atoms with E-state index in [1.165, 1.54) is 24.3 Å². The van der Waals surface area contributed by atoms with Gasteiger partial charge in [-0.3, -0.25) is 0 Å². The van der Waals surface area contributed by atoms with Crippen LogP contribution >= 0.6 is 0 Å². The van der Waals surface area contributed by atoms with Crippen LogP contribution in [-0.2, 0) is 19.7 Å². The fourth-order valence-electron chi connectivity index (χ4n) is 3.21. The Morgan fingerprint density at radius 1 is 0.769 bits per heavy atom. The number of halogens is 1. The van der Waals surface area contributed by atoms with E-state index in [0.29, 0.717) is 5.39 Å². The Balaban J connectivity index is 1.96. The van der Waals surface area contributed by atoms with E-state index in [9.17, 15) is 21.9 Å². The van der Waals surface area contributed by atoms with Crippen LogP contribution in [0.3, 0.4) is 0 Å². The molecule has 0 aromatic heterocycles. The summed E-state index contributed by atoms with van der Waals surface area (Å²) in [6.45, 7) is 0. The maximum Gasteiger partial charge on any atom is 0.346 e. The number of hydrogen-bond donors (Lipinski definition) is 1. The van der Waals surface area contributed by atoms with Crippen molar-refractivity contribution in [3.63, 3.8) is 0 Å². The summed E-state index contributed by atoms with van der Waals surface area (Å²) in [4.78, 5) is -1.27. The van der Waals surface area contributed by atoms with Gasteiger partial charge in [-0.25, -0.2) is 21.2 Å². The molecule has 0 spiro atoms. The van der Waals surface area contributed by atoms with Gasteiger partial charge >= 0.3 is 4.33 Å². The largest absolute Gasteiger partial charge is 0.383 e. The highest BCUT2D eigenvalue weighted by atomic mass is 32.3. The molecule has 0 bridgehead atoms. The first-order valence-corrected chi connectivity index (χ1v) is 10.6. The van der Waals surface area contributed by atoms with Gasteiger partial charge in [-0.1, -0.05) is 48.5 Å². The maximum absolute atomic E-state index is 15.7. The van der Waals surface area contributed by atoms with Crippen molar-refractivity contribution in [2.75, 3.05) is 0 Å². The summed E-state index contributed by atoms with van der Waals surface area (Å²) in [6, 6.07) is 15.9. The third kappa shape index (κ3) is 1.97. The van der Waals surface area contributed by atoms with Gasteiger partial charge < -0.3 is 5.11 Å². The lowest BCUT2D eigenvalue weighted by atomic mass is 10.0. The van der Waals surface area contributed by atoms with Gasteiger partial charge in [0.1, 0.15) is 6.10 Å².